The molecule has 0 spiro atoms. The summed E-state index contributed by atoms with van der Waals surface area (Å²) in [5.74, 6) is -3.39. The van der Waals surface area contributed by atoms with Gasteiger partial charge in [0.25, 0.3) is 10.0 Å². The van der Waals surface area contributed by atoms with Crippen molar-refractivity contribution in [3.05, 3.63) is 60.3 Å². The predicted octanol–water partition coefficient (Wildman–Crippen LogP) is 3.34. The molecule has 170 valence electrons. The van der Waals surface area contributed by atoms with Crippen molar-refractivity contribution in [1.29, 1.82) is 0 Å². The maximum Gasteiger partial charge on any atom is 0.266 e. The predicted molar refractivity (Wildman–Crippen MR) is 108 cm³/mol. The highest BCUT2D eigenvalue weighted by atomic mass is 32.2. The lowest BCUT2D eigenvalue weighted by atomic mass is 9.89. The topological polar surface area (TPSA) is 99.0 Å². The molecule has 0 unspecified atom stereocenters. The Labute approximate surface area is 182 Å². The van der Waals surface area contributed by atoms with E-state index in [0.717, 1.165) is 6.33 Å². The first kappa shape index (κ1) is 22.1. The van der Waals surface area contributed by atoms with Crippen LogP contribution in [0.25, 0.3) is 0 Å². The van der Waals surface area contributed by atoms with Gasteiger partial charge in [0.05, 0.1) is 0 Å². The first-order valence-corrected chi connectivity index (χ1v) is 11.2. The van der Waals surface area contributed by atoms with Crippen molar-refractivity contribution in [1.82, 2.24) is 19.7 Å². The molecule has 1 aliphatic rings. The van der Waals surface area contributed by atoms with Crippen molar-refractivity contribution in [3.8, 4) is 5.75 Å². The quantitative estimate of drug-likeness (QED) is 0.597. The molecule has 3 aromatic rings. The molecule has 1 saturated carbocycles. The van der Waals surface area contributed by atoms with Gasteiger partial charge >= 0.3 is 0 Å². The molecule has 0 amide bonds. The molecule has 1 fully saturated rings. The van der Waals surface area contributed by atoms with E-state index in [-0.39, 0.29) is 18.7 Å². The summed E-state index contributed by atoms with van der Waals surface area (Å²) in [7, 11) is -2.77. The Morgan fingerprint density at radius 3 is 2.66 bits per heavy atom. The van der Waals surface area contributed by atoms with Gasteiger partial charge in [0, 0.05) is 49.6 Å². The zero-order chi connectivity index (χ0) is 23.1. The van der Waals surface area contributed by atoms with Crippen LogP contribution in [0, 0.1) is 11.6 Å². The number of anilines is 1. The SMILES string of the molecule is Cn1nccc1[C@H]1C[C@@H](F)C[C@@]1(C)Oc1cc(F)c(S(=O)(=O)Nc2ccncn2)cc1F. The second-order valence-electron chi connectivity index (χ2n) is 7.80. The molecule has 3 atom stereocenters. The summed E-state index contributed by atoms with van der Waals surface area (Å²) in [4.78, 5) is 6.44. The average molecular weight is 467 g/mol. The summed E-state index contributed by atoms with van der Waals surface area (Å²) in [6.07, 6.45) is 2.84. The molecule has 1 aliphatic carbocycles. The van der Waals surface area contributed by atoms with Crippen LogP contribution < -0.4 is 9.46 Å². The molecule has 0 aliphatic heterocycles. The van der Waals surface area contributed by atoms with Gasteiger partial charge < -0.3 is 4.74 Å². The third-order valence-electron chi connectivity index (χ3n) is 5.51. The summed E-state index contributed by atoms with van der Waals surface area (Å²) >= 11 is 0. The molecule has 2 aromatic heterocycles. The zero-order valence-electron chi connectivity index (χ0n) is 17.2. The zero-order valence-corrected chi connectivity index (χ0v) is 18.0. The Morgan fingerprint density at radius 1 is 1.22 bits per heavy atom. The maximum absolute atomic E-state index is 14.8. The van der Waals surface area contributed by atoms with E-state index >= 15 is 0 Å². The molecular weight excluding hydrogens is 447 g/mol. The van der Waals surface area contributed by atoms with Gasteiger partial charge in [0.1, 0.15) is 34.6 Å². The number of hydrogen-bond acceptors (Lipinski definition) is 6. The van der Waals surface area contributed by atoms with E-state index < -0.39 is 50.0 Å². The van der Waals surface area contributed by atoms with E-state index in [9.17, 15) is 21.6 Å². The molecule has 12 heteroatoms. The third-order valence-corrected chi connectivity index (χ3v) is 6.88. The first-order chi connectivity index (χ1) is 15.1. The van der Waals surface area contributed by atoms with Gasteiger partial charge in [-0.1, -0.05) is 0 Å². The number of sulfonamides is 1. The number of aromatic nitrogens is 4. The van der Waals surface area contributed by atoms with E-state index in [4.69, 9.17) is 4.74 Å². The molecule has 0 radical (unpaired) electrons. The second-order valence-corrected chi connectivity index (χ2v) is 9.45. The number of benzene rings is 1. The van der Waals surface area contributed by atoms with E-state index in [0.29, 0.717) is 17.8 Å². The molecule has 0 saturated heterocycles. The van der Waals surface area contributed by atoms with Crippen molar-refractivity contribution in [2.45, 2.75) is 42.4 Å². The first-order valence-electron chi connectivity index (χ1n) is 9.68. The summed E-state index contributed by atoms with van der Waals surface area (Å²) in [5, 5.41) is 4.09. The number of hydrogen-bond donors (Lipinski definition) is 1. The fourth-order valence-corrected chi connectivity index (χ4v) is 5.11. The van der Waals surface area contributed by atoms with E-state index in [1.54, 1.807) is 30.9 Å². The van der Waals surface area contributed by atoms with Gasteiger partial charge in [-0.25, -0.2) is 31.6 Å². The fraction of sp³-hybridized carbons (Fsp3) is 0.350. The van der Waals surface area contributed by atoms with Gasteiger partial charge in [-0.05, 0) is 25.5 Å². The summed E-state index contributed by atoms with van der Waals surface area (Å²) in [6.45, 7) is 1.61. The molecule has 1 aromatic carbocycles. The number of ether oxygens (including phenoxy) is 1. The fourth-order valence-electron chi connectivity index (χ4n) is 4.03. The van der Waals surface area contributed by atoms with Crippen LogP contribution in [0.5, 0.6) is 5.75 Å². The minimum Gasteiger partial charge on any atom is -0.484 e. The second kappa shape index (κ2) is 8.08. The lowest BCUT2D eigenvalue weighted by Gasteiger charge is -2.32. The van der Waals surface area contributed by atoms with Crippen LogP contribution in [0.4, 0.5) is 19.0 Å². The minimum absolute atomic E-state index is 0.0424. The molecule has 0 bridgehead atoms. The van der Waals surface area contributed by atoms with Crippen LogP contribution >= 0.6 is 0 Å². The van der Waals surface area contributed by atoms with E-state index in [1.165, 1.54) is 12.3 Å². The lowest BCUT2D eigenvalue weighted by molar-refractivity contribution is 0.0647. The van der Waals surface area contributed by atoms with Crippen LogP contribution in [0.15, 0.2) is 47.9 Å². The van der Waals surface area contributed by atoms with Crippen molar-refractivity contribution in [3.63, 3.8) is 0 Å². The third kappa shape index (κ3) is 4.14. The highest BCUT2D eigenvalue weighted by Crippen LogP contribution is 2.47. The number of alkyl halides is 1. The monoisotopic (exact) mass is 467 g/mol. The van der Waals surface area contributed by atoms with E-state index in [1.807, 2.05) is 0 Å². The van der Waals surface area contributed by atoms with Crippen LogP contribution in [0.1, 0.15) is 31.4 Å². The summed E-state index contributed by atoms with van der Waals surface area (Å²) in [5.41, 5.74) is -0.498. The Balaban J connectivity index is 1.64. The number of nitrogens with one attached hydrogen (secondary N) is 1. The molecule has 2 heterocycles. The van der Waals surface area contributed by atoms with Crippen LogP contribution in [0.3, 0.4) is 0 Å². The molecule has 1 N–H and O–H groups in total. The molecule has 8 nitrogen and oxygen atoms in total. The number of aryl methyl sites for hydroxylation is 1. The van der Waals surface area contributed by atoms with Crippen molar-refractivity contribution >= 4 is 15.8 Å². The van der Waals surface area contributed by atoms with Crippen LogP contribution in [-0.4, -0.2) is 39.9 Å². The molecule has 4 rings (SSSR count). The molecule has 32 heavy (non-hydrogen) atoms. The Kier molecular flexibility index (Phi) is 5.57. The van der Waals surface area contributed by atoms with Crippen LogP contribution in [-0.2, 0) is 17.1 Å². The van der Waals surface area contributed by atoms with Gasteiger partial charge in [-0.15, -0.1) is 0 Å². The number of rotatable bonds is 6. The standard InChI is InChI=1S/C20H20F3N5O3S/c1-20(10-12(21)7-13(20)16-3-6-26-28(16)2)31-17-8-15(23)18(9-14(17)22)32(29,30)27-19-4-5-24-11-25-19/h3-6,8-9,11-13H,7,10H2,1-2H3,(H,24,25,27)/t12-,13-,20-/m1/s1. The number of halogens is 3. The summed E-state index contributed by atoms with van der Waals surface area (Å²) in [6, 6.07) is 4.16. The largest absolute Gasteiger partial charge is 0.484 e. The molecular formula is C20H20F3N5O3S. The number of nitrogens with zero attached hydrogens (tertiary/aromatic N) is 4. The minimum atomic E-state index is -4.47. The van der Waals surface area contributed by atoms with Gasteiger partial charge in [0.2, 0.25) is 0 Å². The highest BCUT2D eigenvalue weighted by molar-refractivity contribution is 7.92. The van der Waals surface area contributed by atoms with Gasteiger partial charge in [0.15, 0.2) is 11.6 Å². The average Bonchev–Trinajstić information content (AvgIpc) is 3.26. The smallest absolute Gasteiger partial charge is 0.266 e. The normalized spacial score (nSPS) is 23.3. The van der Waals surface area contributed by atoms with Crippen molar-refractivity contribution < 1.29 is 26.3 Å². The lowest BCUT2D eigenvalue weighted by Crippen LogP contribution is -2.36. The van der Waals surface area contributed by atoms with E-state index in [2.05, 4.69) is 19.8 Å². The van der Waals surface area contributed by atoms with Crippen molar-refractivity contribution in [2.75, 3.05) is 4.72 Å². The van der Waals surface area contributed by atoms with Crippen LogP contribution in [0.2, 0.25) is 0 Å². The Hall–Kier alpha value is -3.15. The summed E-state index contributed by atoms with van der Waals surface area (Å²) < 4.78 is 78.4. The highest BCUT2D eigenvalue weighted by Gasteiger charge is 2.48. The van der Waals surface area contributed by atoms with Gasteiger partial charge in [-0.2, -0.15) is 5.10 Å². The maximum atomic E-state index is 14.8. The van der Waals surface area contributed by atoms with Crippen molar-refractivity contribution in [2.24, 2.45) is 7.05 Å². The Morgan fingerprint density at radius 2 is 2.00 bits per heavy atom. The Bertz CT molecular complexity index is 1240. The van der Waals surface area contributed by atoms with Gasteiger partial charge in [-0.3, -0.25) is 9.40 Å².